The first-order chi connectivity index (χ1) is 10.6. The molecular formula is C12H12N2O. The molecule has 0 atom stereocenters. The topological polar surface area (TPSA) is 61.3 Å². The molecule has 4 N–H and O–H groups in total. The number of anilines is 2. The monoisotopic (exact) mass is 208 g/mol. The quantitative estimate of drug-likeness (QED) is 0.746. The molecule has 0 radical (unpaired) electrons. The van der Waals surface area contributed by atoms with Crippen LogP contribution in [0.25, 0.3) is 0 Å². The first-order valence-electron chi connectivity index (χ1n) is 7.99. The largest absolute Gasteiger partial charge is 0.457 e. The zero-order valence-corrected chi connectivity index (χ0v) is 7.56. The molecule has 0 aliphatic heterocycles. The summed E-state index contributed by atoms with van der Waals surface area (Å²) >= 11 is 0. The van der Waals surface area contributed by atoms with E-state index in [1.165, 1.54) is 0 Å². The van der Waals surface area contributed by atoms with Crippen LogP contribution in [0, 0.1) is 0 Å². The number of rotatable bonds is 2. The molecule has 2 aromatic rings. The Kier molecular flexibility index (Phi) is 0.986. The highest BCUT2D eigenvalue weighted by molar-refractivity contribution is 5.45. The lowest BCUT2D eigenvalue weighted by Crippen LogP contribution is -1.87. The predicted molar refractivity (Wildman–Crippen MR) is 61.8 cm³/mol. The van der Waals surface area contributed by atoms with E-state index < -0.39 is 59.8 Å². The number of hydrogen-bond acceptors (Lipinski definition) is 3. The van der Waals surface area contributed by atoms with Crippen molar-refractivity contribution in [3.05, 3.63) is 48.3 Å². The van der Waals surface area contributed by atoms with E-state index in [-0.39, 0.29) is 11.4 Å². The van der Waals surface area contributed by atoms with E-state index in [1.807, 2.05) is 0 Å². The highest BCUT2D eigenvalue weighted by atomic mass is 16.5. The summed E-state index contributed by atoms with van der Waals surface area (Å²) in [7, 11) is 0. The first kappa shape index (κ1) is 3.77. The maximum atomic E-state index is 7.78. The molecule has 2 aromatic carbocycles. The zero-order valence-electron chi connectivity index (χ0n) is 15.6. The second kappa shape index (κ2) is 3.92. The number of ether oxygens (including phenoxy) is 1. The van der Waals surface area contributed by atoms with Gasteiger partial charge in [-0.2, -0.15) is 0 Å². The van der Waals surface area contributed by atoms with E-state index >= 15 is 0 Å². The summed E-state index contributed by atoms with van der Waals surface area (Å²) in [6.07, 6.45) is 0. The van der Waals surface area contributed by atoms with Crippen molar-refractivity contribution in [3.63, 3.8) is 0 Å². The van der Waals surface area contributed by atoms with Gasteiger partial charge in [0.05, 0.1) is 11.0 Å². The second-order valence-electron chi connectivity index (χ2n) is 2.59. The Hall–Kier alpha value is -2.16. The molecule has 0 bridgehead atoms. The second-order valence-corrected chi connectivity index (χ2v) is 2.59. The zero-order chi connectivity index (χ0) is 17.6. The molecule has 0 spiro atoms. The minimum absolute atomic E-state index is 0.357. The van der Waals surface area contributed by atoms with Gasteiger partial charge in [-0.1, -0.05) is 0 Å². The van der Waals surface area contributed by atoms with E-state index in [0.29, 0.717) is 0 Å². The third kappa shape index (κ3) is 2.40. The highest BCUT2D eigenvalue weighted by Crippen LogP contribution is 2.22. The fourth-order valence-electron chi connectivity index (χ4n) is 0.826. The third-order valence-electron chi connectivity index (χ3n) is 1.45. The molecule has 0 saturated heterocycles. The van der Waals surface area contributed by atoms with Crippen molar-refractivity contribution >= 4 is 11.4 Å². The lowest BCUT2D eigenvalue weighted by molar-refractivity contribution is 0.483. The van der Waals surface area contributed by atoms with Crippen LogP contribution in [0.5, 0.6) is 11.5 Å². The van der Waals surface area contributed by atoms with Crippen LogP contribution < -0.4 is 16.2 Å². The maximum Gasteiger partial charge on any atom is 0.127 e. The standard InChI is InChI=1S/C12H12N2O/c13-9-1-5-11(6-2-9)15-12-7-3-10(14)4-8-12/h1-8H,13-14H2/i1D,2D,3D,4D,5D,6D,7D,8D. The molecule has 2 rings (SSSR count). The molecular weight excluding hydrogens is 188 g/mol. The van der Waals surface area contributed by atoms with Gasteiger partial charge in [-0.05, 0) is 48.3 Å². The third-order valence-corrected chi connectivity index (χ3v) is 1.45. The summed E-state index contributed by atoms with van der Waals surface area (Å²) in [5.41, 5.74) is 10.2. The van der Waals surface area contributed by atoms with Crippen LogP contribution >= 0.6 is 0 Å². The van der Waals surface area contributed by atoms with Gasteiger partial charge in [0.25, 0.3) is 0 Å². The van der Waals surface area contributed by atoms with Crippen LogP contribution in [0.1, 0.15) is 11.0 Å². The Balaban J connectivity index is 2.71. The van der Waals surface area contributed by atoms with Gasteiger partial charge in [0, 0.05) is 11.4 Å². The molecule has 0 aromatic heterocycles. The van der Waals surface area contributed by atoms with Gasteiger partial charge in [-0.3, -0.25) is 0 Å². The van der Waals surface area contributed by atoms with Gasteiger partial charge in [-0.25, -0.2) is 0 Å². The molecule has 3 heteroatoms. The number of benzene rings is 2. The van der Waals surface area contributed by atoms with Crippen molar-refractivity contribution in [1.29, 1.82) is 0 Å². The van der Waals surface area contributed by atoms with E-state index in [2.05, 4.69) is 0 Å². The van der Waals surface area contributed by atoms with Crippen LogP contribution in [-0.4, -0.2) is 0 Å². The SMILES string of the molecule is [2H]c1c([2H])c(Oc2c([2H])c([2H])c(N)c([2H])c2[2H])c([2H])c([2H])c1N. The van der Waals surface area contributed by atoms with E-state index in [9.17, 15) is 0 Å². The number of nitrogen functional groups attached to an aromatic ring is 2. The van der Waals surface area contributed by atoms with Crippen LogP contribution in [-0.2, 0) is 0 Å². The van der Waals surface area contributed by atoms with E-state index in [0.717, 1.165) is 0 Å². The Labute approximate surface area is 99.5 Å². The van der Waals surface area contributed by atoms with E-state index in [4.69, 9.17) is 27.2 Å². The molecule has 15 heavy (non-hydrogen) atoms. The smallest absolute Gasteiger partial charge is 0.127 e. The van der Waals surface area contributed by atoms with Gasteiger partial charge in [0.2, 0.25) is 0 Å². The predicted octanol–water partition coefficient (Wildman–Crippen LogP) is 2.64. The van der Waals surface area contributed by atoms with Gasteiger partial charge in [0.1, 0.15) is 11.5 Å². The average Bonchev–Trinajstić information content (AvgIpc) is 2.54. The number of hydrogen-bond donors (Lipinski definition) is 2. The van der Waals surface area contributed by atoms with Gasteiger partial charge in [-0.15, -0.1) is 0 Å². The van der Waals surface area contributed by atoms with Crippen LogP contribution in [0.2, 0.25) is 0 Å². The lowest BCUT2D eigenvalue weighted by atomic mass is 10.3. The van der Waals surface area contributed by atoms with Crippen molar-refractivity contribution in [1.82, 2.24) is 0 Å². The summed E-state index contributed by atoms with van der Waals surface area (Å²) < 4.78 is 66.8. The highest BCUT2D eigenvalue weighted by Gasteiger charge is 1.96. The molecule has 0 unspecified atom stereocenters. The minimum atomic E-state index is -0.586. The Morgan fingerprint density at radius 3 is 1.40 bits per heavy atom. The average molecular weight is 208 g/mol. The molecule has 0 aliphatic carbocycles. The fraction of sp³-hybridized carbons (Fsp3) is 0. The summed E-state index contributed by atoms with van der Waals surface area (Å²) in [5, 5.41) is 0. The summed E-state index contributed by atoms with van der Waals surface area (Å²) in [6, 6.07) is -4.43. The van der Waals surface area contributed by atoms with Crippen LogP contribution in [0.15, 0.2) is 48.3 Å². The van der Waals surface area contributed by atoms with Gasteiger partial charge in [0.15, 0.2) is 0 Å². The molecule has 3 nitrogen and oxygen atoms in total. The first-order valence-corrected chi connectivity index (χ1v) is 3.99. The summed E-state index contributed by atoms with van der Waals surface area (Å²) in [6.45, 7) is 0. The van der Waals surface area contributed by atoms with Crippen molar-refractivity contribution in [3.8, 4) is 11.5 Å². The lowest BCUT2D eigenvalue weighted by Gasteiger charge is -2.05. The molecule has 0 amide bonds. The van der Waals surface area contributed by atoms with Crippen molar-refractivity contribution < 1.29 is 15.7 Å². The number of nitrogens with two attached hydrogens (primary N) is 2. The minimum Gasteiger partial charge on any atom is -0.457 e. The van der Waals surface area contributed by atoms with Gasteiger partial charge < -0.3 is 16.2 Å². The normalized spacial score (nSPS) is 17.3. The van der Waals surface area contributed by atoms with Crippen molar-refractivity contribution in [2.24, 2.45) is 0 Å². The van der Waals surface area contributed by atoms with Crippen molar-refractivity contribution in [2.45, 2.75) is 0 Å². The van der Waals surface area contributed by atoms with Crippen LogP contribution in [0.3, 0.4) is 0 Å². The molecule has 0 heterocycles. The Bertz CT molecular complexity index is 698. The Morgan fingerprint density at radius 1 is 0.733 bits per heavy atom. The van der Waals surface area contributed by atoms with Gasteiger partial charge >= 0.3 is 0 Å². The molecule has 0 saturated carbocycles. The van der Waals surface area contributed by atoms with Crippen LogP contribution in [0.4, 0.5) is 11.4 Å². The summed E-state index contributed by atoms with van der Waals surface area (Å²) in [4.78, 5) is 0. The molecule has 0 fully saturated rings. The fourth-order valence-corrected chi connectivity index (χ4v) is 0.826. The van der Waals surface area contributed by atoms with E-state index in [1.54, 1.807) is 0 Å². The molecule has 0 aliphatic rings. The summed E-state index contributed by atoms with van der Waals surface area (Å²) in [5.74, 6) is -1.08. The van der Waals surface area contributed by atoms with Crippen molar-refractivity contribution in [2.75, 3.05) is 11.5 Å². The maximum absolute atomic E-state index is 7.78. The Morgan fingerprint density at radius 2 is 1.07 bits per heavy atom. The molecule has 76 valence electrons.